The fourth-order valence-corrected chi connectivity index (χ4v) is 2.37. The van der Waals surface area contributed by atoms with Crippen molar-refractivity contribution in [2.75, 3.05) is 7.11 Å². The molecule has 0 aliphatic heterocycles. The topological polar surface area (TPSA) is 50.8 Å². The monoisotopic (exact) mass is 289 g/mol. The lowest BCUT2D eigenvalue weighted by Crippen LogP contribution is -2.01. The van der Waals surface area contributed by atoms with E-state index in [2.05, 4.69) is 15.6 Å². The van der Waals surface area contributed by atoms with E-state index < -0.39 is 0 Å². The van der Waals surface area contributed by atoms with Crippen LogP contribution in [0.1, 0.15) is 11.1 Å². The molecule has 2 aromatic carbocycles. The third-order valence-corrected chi connectivity index (χ3v) is 3.47. The second-order valence-electron chi connectivity index (χ2n) is 4.92. The summed E-state index contributed by atoms with van der Waals surface area (Å²) in [6.07, 6.45) is 3.73. The molecule has 3 aromatic rings. The second-order valence-corrected chi connectivity index (χ2v) is 4.92. The minimum atomic E-state index is 0.670. The maximum atomic E-state index is 8.99. The van der Waals surface area contributed by atoms with Crippen LogP contribution in [0.5, 0.6) is 5.75 Å². The van der Waals surface area contributed by atoms with Gasteiger partial charge >= 0.3 is 0 Å². The van der Waals surface area contributed by atoms with Crippen LogP contribution in [-0.4, -0.2) is 16.7 Å². The van der Waals surface area contributed by atoms with Crippen LogP contribution in [0.2, 0.25) is 0 Å². The Morgan fingerprint density at radius 2 is 2.00 bits per heavy atom. The highest BCUT2D eigenvalue weighted by atomic mass is 16.5. The van der Waals surface area contributed by atoms with Gasteiger partial charge in [-0.2, -0.15) is 5.26 Å². The Labute approximate surface area is 129 Å². The normalized spacial score (nSPS) is 10.2. The number of benzene rings is 2. The Balaban J connectivity index is 1.89. The van der Waals surface area contributed by atoms with Gasteiger partial charge in [-0.1, -0.05) is 12.1 Å². The van der Waals surface area contributed by atoms with Crippen molar-refractivity contribution in [3.05, 3.63) is 72.1 Å². The number of imidazole rings is 1. The Bertz CT molecular complexity index is 813. The van der Waals surface area contributed by atoms with Gasteiger partial charge in [0.2, 0.25) is 0 Å². The predicted molar refractivity (Wildman–Crippen MR) is 84.5 cm³/mol. The molecule has 0 amide bonds. The van der Waals surface area contributed by atoms with Crippen LogP contribution in [0.15, 0.2) is 60.9 Å². The van der Waals surface area contributed by atoms with Crippen molar-refractivity contribution in [1.29, 1.82) is 5.26 Å². The van der Waals surface area contributed by atoms with Crippen molar-refractivity contribution in [3.63, 3.8) is 0 Å². The lowest BCUT2D eigenvalue weighted by Gasteiger charge is -2.09. The summed E-state index contributed by atoms with van der Waals surface area (Å²) in [6, 6.07) is 17.6. The quantitative estimate of drug-likeness (QED) is 0.739. The molecular formula is C18H15N3O. The van der Waals surface area contributed by atoms with E-state index in [0.29, 0.717) is 12.1 Å². The highest BCUT2D eigenvalue weighted by Crippen LogP contribution is 2.21. The van der Waals surface area contributed by atoms with Crippen molar-refractivity contribution in [2.45, 2.75) is 6.54 Å². The first-order valence-electron chi connectivity index (χ1n) is 6.95. The van der Waals surface area contributed by atoms with Crippen molar-refractivity contribution in [1.82, 2.24) is 9.55 Å². The highest BCUT2D eigenvalue weighted by Gasteiger charge is 2.07. The minimum Gasteiger partial charge on any atom is -0.497 e. The third-order valence-electron chi connectivity index (χ3n) is 3.47. The van der Waals surface area contributed by atoms with Crippen LogP contribution >= 0.6 is 0 Å². The molecule has 0 aliphatic rings. The molecule has 0 fully saturated rings. The maximum absolute atomic E-state index is 8.99. The van der Waals surface area contributed by atoms with E-state index in [4.69, 9.17) is 10.00 Å². The van der Waals surface area contributed by atoms with Gasteiger partial charge in [0, 0.05) is 24.5 Å². The molecule has 1 aromatic heterocycles. The van der Waals surface area contributed by atoms with Gasteiger partial charge in [-0.05, 0) is 42.0 Å². The molecule has 1 heterocycles. The summed E-state index contributed by atoms with van der Waals surface area (Å²) in [4.78, 5) is 4.44. The molecule has 0 bridgehead atoms. The first-order chi connectivity index (χ1) is 10.8. The van der Waals surface area contributed by atoms with Gasteiger partial charge in [-0.3, -0.25) is 0 Å². The standard InChI is InChI=1S/C18H15N3O/c1-22-17-7-5-16(6-8-17)18-20-9-10-21(18)13-15-4-2-3-14(11-15)12-19/h2-11H,13H2,1H3. The fourth-order valence-electron chi connectivity index (χ4n) is 2.37. The molecule has 4 nitrogen and oxygen atoms in total. The van der Waals surface area contributed by atoms with E-state index in [1.54, 1.807) is 13.3 Å². The largest absolute Gasteiger partial charge is 0.497 e. The van der Waals surface area contributed by atoms with Gasteiger partial charge < -0.3 is 9.30 Å². The molecule has 0 saturated heterocycles. The first-order valence-corrected chi connectivity index (χ1v) is 6.95. The summed E-state index contributed by atoms with van der Waals surface area (Å²) in [5.74, 6) is 1.72. The SMILES string of the molecule is COc1ccc(-c2nccn2Cc2cccc(C#N)c2)cc1. The Hall–Kier alpha value is -3.06. The molecule has 3 rings (SSSR count). The second kappa shape index (κ2) is 6.15. The molecular weight excluding hydrogens is 274 g/mol. The zero-order valence-corrected chi connectivity index (χ0v) is 12.2. The summed E-state index contributed by atoms with van der Waals surface area (Å²) in [7, 11) is 1.65. The number of rotatable bonds is 4. The van der Waals surface area contributed by atoms with Crippen LogP contribution in [0.25, 0.3) is 11.4 Å². The number of nitrogens with zero attached hydrogens (tertiary/aromatic N) is 3. The highest BCUT2D eigenvalue weighted by molar-refractivity contribution is 5.57. The van der Waals surface area contributed by atoms with Gasteiger partial charge in [0.05, 0.1) is 18.7 Å². The summed E-state index contributed by atoms with van der Waals surface area (Å²) in [5, 5.41) is 8.99. The average Bonchev–Trinajstić information content (AvgIpc) is 3.03. The molecule has 0 saturated carbocycles. The molecule has 0 unspecified atom stereocenters. The Morgan fingerprint density at radius 1 is 1.18 bits per heavy atom. The molecule has 0 N–H and O–H groups in total. The number of aromatic nitrogens is 2. The number of ether oxygens (including phenoxy) is 1. The maximum Gasteiger partial charge on any atom is 0.140 e. The van der Waals surface area contributed by atoms with E-state index >= 15 is 0 Å². The smallest absolute Gasteiger partial charge is 0.140 e. The summed E-state index contributed by atoms with van der Waals surface area (Å²) in [5.41, 5.74) is 2.78. The van der Waals surface area contributed by atoms with E-state index in [1.807, 2.05) is 54.7 Å². The van der Waals surface area contributed by atoms with E-state index in [1.165, 1.54) is 0 Å². The molecule has 22 heavy (non-hydrogen) atoms. The van der Waals surface area contributed by atoms with Gasteiger partial charge in [0.15, 0.2) is 0 Å². The fraction of sp³-hybridized carbons (Fsp3) is 0.111. The number of nitriles is 1. The summed E-state index contributed by atoms with van der Waals surface area (Å²) < 4.78 is 7.25. The molecule has 0 radical (unpaired) electrons. The third kappa shape index (κ3) is 2.84. The minimum absolute atomic E-state index is 0.670. The van der Waals surface area contributed by atoms with Gasteiger partial charge in [0.1, 0.15) is 11.6 Å². The Kier molecular flexibility index (Phi) is 3.88. The van der Waals surface area contributed by atoms with Gasteiger partial charge in [-0.25, -0.2) is 4.98 Å². The van der Waals surface area contributed by atoms with E-state index in [9.17, 15) is 0 Å². The molecule has 4 heteroatoms. The predicted octanol–water partition coefficient (Wildman–Crippen LogP) is 3.48. The summed E-state index contributed by atoms with van der Waals surface area (Å²) in [6.45, 7) is 0.677. The Morgan fingerprint density at radius 3 is 2.73 bits per heavy atom. The first kappa shape index (κ1) is 13.9. The average molecular weight is 289 g/mol. The molecule has 0 aliphatic carbocycles. The van der Waals surface area contributed by atoms with Crippen molar-refractivity contribution < 1.29 is 4.74 Å². The lowest BCUT2D eigenvalue weighted by atomic mass is 10.1. The number of hydrogen-bond acceptors (Lipinski definition) is 3. The zero-order chi connectivity index (χ0) is 15.4. The molecule has 108 valence electrons. The molecule has 0 atom stereocenters. The van der Waals surface area contributed by atoms with Crippen LogP contribution < -0.4 is 4.74 Å². The van der Waals surface area contributed by atoms with E-state index in [-0.39, 0.29) is 0 Å². The summed E-state index contributed by atoms with van der Waals surface area (Å²) >= 11 is 0. The van der Waals surface area contributed by atoms with Crippen molar-refractivity contribution in [2.24, 2.45) is 0 Å². The van der Waals surface area contributed by atoms with Crippen LogP contribution in [-0.2, 0) is 6.54 Å². The van der Waals surface area contributed by atoms with Crippen LogP contribution in [0.4, 0.5) is 0 Å². The van der Waals surface area contributed by atoms with Crippen LogP contribution in [0.3, 0.4) is 0 Å². The number of methoxy groups -OCH3 is 1. The van der Waals surface area contributed by atoms with Crippen molar-refractivity contribution >= 4 is 0 Å². The molecule has 0 spiro atoms. The number of hydrogen-bond donors (Lipinski definition) is 0. The lowest BCUT2D eigenvalue weighted by molar-refractivity contribution is 0.415. The van der Waals surface area contributed by atoms with Gasteiger partial charge in [0.25, 0.3) is 0 Å². The van der Waals surface area contributed by atoms with E-state index in [0.717, 1.165) is 22.7 Å². The van der Waals surface area contributed by atoms with Crippen molar-refractivity contribution in [3.8, 4) is 23.2 Å². The van der Waals surface area contributed by atoms with Gasteiger partial charge in [-0.15, -0.1) is 0 Å². The zero-order valence-electron chi connectivity index (χ0n) is 12.2. The van der Waals surface area contributed by atoms with Crippen LogP contribution in [0, 0.1) is 11.3 Å².